The van der Waals surface area contributed by atoms with E-state index in [0.29, 0.717) is 54.5 Å². The maximum atomic E-state index is 13.5. The average Bonchev–Trinajstić information content (AvgIpc) is 3.12. The predicted molar refractivity (Wildman–Crippen MR) is 143 cm³/mol. The second-order valence-electron chi connectivity index (χ2n) is 10.5. The van der Waals surface area contributed by atoms with Gasteiger partial charge in [-0.25, -0.2) is 5.01 Å². The monoisotopic (exact) mass is 507 g/mol. The van der Waals surface area contributed by atoms with Crippen LogP contribution in [-0.4, -0.2) is 66.9 Å². The molecule has 8 nitrogen and oxygen atoms in total. The molecule has 2 aliphatic heterocycles. The van der Waals surface area contributed by atoms with Crippen LogP contribution in [0.25, 0.3) is 0 Å². The zero-order valence-electron chi connectivity index (χ0n) is 22.8. The maximum absolute atomic E-state index is 13.5. The van der Waals surface area contributed by atoms with Crippen LogP contribution in [-0.2, 0) is 4.79 Å². The van der Waals surface area contributed by atoms with Crippen LogP contribution in [0, 0.1) is 12.3 Å². The predicted octanol–water partition coefficient (Wildman–Crippen LogP) is 4.68. The number of nitrogens with zero attached hydrogens (tertiary/aromatic N) is 3. The van der Waals surface area contributed by atoms with Gasteiger partial charge in [0.1, 0.15) is 5.75 Å². The first-order valence-electron chi connectivity index (χ1n) is 12.8. The second kappa shape index (κ2) is 10.4. The lowest BCUT2D eigenvalue weighted by Gasteiger charge is -2.35. The summed E-state index contributed by atoms with van der Waals surface area (Å²) in [7, 11) is 3.18. The lowest BCUT2D eigenvalue weighted by Crippen LogP contribution is -2.47. The summed E-state index contributed by atoms with van der Waals surface area (Å²) in [6.07, 6.45) is 1.36. The Morgan fingerprint density at radius 1 is 1.03 bits per heavy atom. The van der Waals surface area contributed by atoms with E-state index in [2.05, 4.69) is 0 Å². The number of ether oxygens (including phenoxy) is 3. The van der Waals surface area contributed by atoms with Gasteiger partial charge in [-0.15, -0.1) is 0 Å². The quantitative estimate of drug-likeness (QED) is 0.544. The van der Waals surface area contributed by atoms with Gasteiger partial charge in [-0.1, -0.05) is 6.07 Å². The number of carbonyl (C=O) groups is 2. The zero-order valence-corrected chi connectivity index (χ0v) is 22.8. The summed E-state index contributed by atoms with van der Waals surface area (Å²) in [5, 5.41) is 6.45. The summed E-state index contributed by atoms with van der Waals surface area (Å²) in [4.78, 5) is 28.7. The number of aryl methyl sites for hydroxylation is 1. The van der Waals surface area contributed by atoms with Gasteiger partial charge in [-0.3, -0.25) is 9.59 Å². The number of likely N-dealkylation sites (tertiary alicyclic amines) is 1. The normalized spacial score (nSPS) is 17.7. The minimum absolute atomic E-state index is 0.00671. The molecule has 2 aromatic rings. The van der Waals surface area contributed by atoms with Gasteiger partial charge in [0.15, 0.2) is 11.5 Å². The minimum Gasteiger partial charge on any atom is -0.493 e. The third kappa shape index (κ3) is 5.15. The van der Waals surface area contributed by atoms with E-state index in [1.54, 1.807) is 19.2 Å². The Bertz CT molecular complexity index is 1210. The Kier molecular flexibility index (Phi) is 7.48. The summed E-state index contributed by atoms with van der Waals surface area (Å²) < 4.78 is 16.6. The van der Waals surface area contributed by atoms with Gasteiger partial charge in [0.2, 0.25) is 0 Å². The molecule has 2 aliphatic rings. The van der Waals surface area contributed by atoms with E-state index in [0.717, 1.165) is 11.1 Å². The van der Waals surface area contributed by atoms with Gasteiger partial charge in [-0.2, -0.15) is 5.10 Å². The molecule has 0 aliphatic carbocycles. The number of methoxy groups -OCH3 is 2. The van der Waals surface area contributed by atoms with Crippen molar-refractivity contribution in [3.63, 3.8) is 0 Å². The molecule has 0 bridgehead atoms. The molecule has 0 radical (unpaired) electrons. The summed E-state index contributed by atoms with van der Waals surface area (Å²) >= 11 is 0. The first-order valence-corrected chi connectivity index (χ1v) is 12.8. The molecule has 2 heterocycles. The summed E-state index contributed by atoms with van der Waals surface area (Å²) in [6, 6.07) is 11.2. The SMILES string of the molecule is COc1ccc(C2=NN(C3CCN(C(=O)c4cc(OC(C)C)ccc4C)CC3)C(=O)C2(C)C)cc1OC. The highest BCUT2D eigenvalue weighted by Crippen LogP contribution is 2.37. The van der Waals surface area contributed by atoms with Crippen LogP contribution in [0.15, 0.2) is 41.5 Å². The van der Waals surface area contributed by atoms with E-state index in [1.165, 1.54) is 0 Å². The Morgan fingerprint density at radius 2 is 1.70 bits per heavy atom. The molecule has 198 valence electrons. The van der Waals surface area contributed by atoms with Gasteiger partial charge in [0, 0.05) is 24.2 Å². The largest absolute Gasteiger partial charge is 0.493 e. The van der Waals surface area contributed by atoms with Crippen LogP contribution in [0.3, 0.4) is 0 Å². The van der Waals surface area contributed by atoms with Crippen molar-refractivity contribution in [1.82, 2.24) is 9.91 Å². The van der Waals surface area contributed by atoms with Crippen molar-refractivity contribution >= 4 is 17.5 Å². The van der Waals surface area contributed by atoms with Crippen molar-refractivity contribution in [2.45, 2.75) is 59.6 Å². The third-order valence-electron chi connectivity index (χ3n) is 7.11. The highest BCUT2D eigenvalue weighted by molar-refractivity contribution is 6.19. The Morgan fingerprint density at radius 3 is 2.32 bits per heavy atom. The molecule has 0 unspecified atom stereocenters. The first kappa shape index (κ1) is 26.5. The van der Waals surface area contributed by atoms with Crippen LogP contribution in [0.5, 0.6) is 17.2 Å². The molecule has 1 fully saturated rings. The molecule has 37 heavy (non-hydrogen) atoms. The number of carbonyl (C=O) groups excluding carboxylic acids is 2. The fourth-order valence-electron chi connectivity index (χ4n) is 4.98. The first-order chi connectivity index (χ1) is 17.6. The van der Waals surface area contributed by atoms with Gasteiger partial charge >= 0.3 is 0 Å². The summed E-state index contributed by atoms with van der Waals surface area (Å²) in [6.45, 7) is 10.8. The van der Waals surface area contributed by atoms with E-state index < -0.39 is 5.41 Å². The maximum Gasteiger partial charge on any atom is 0.254 e. The molecule has 0 spiro atoms. The van der Waals surface area contributed by atoms with Gasteiger partial charge in [-0.05, 0) is 83.4 Å². The number of rotatable bonds is 7. The molecule has 8 heteroatoms. The zero-order chi connectivity index (χ0) is 26.9. The highest BCUT2D eigenvalue weighted by Gasteiger charge is 2.47. The van der Waals surface area contributed by atoms with E-state index in [1.807, 2.05) is 75.9 Å². The van der Waals surface area contributed by atoms with Crippen LogP contribution in [0.2, 0.25) is 0 Å². The number of hydrazone groups is 1. The summed E-state index contributed by atoms with van der Waals surface area (Å²) in [5.41, 5.74) is 2.33. The van der Waals surface area contributed by atoms with Crippen molar-refractivity contribution < 1.29 is 23.8 Å². The second-order valence-corrected chi connectivity index (χ2v) is 10.5. The average molecular weight is 508 g/mol. The van der Waals surface area contributed by atoms with Gasteiger partial charge in [0.25, 0.3) is 11.8 Å². The Labute approximate surface area is 219 Å². The highest BCUT2D eigenvalue weighted by atomic mass is 16.5. The molecule has 2 aromatic carbocycles. The smallest absolute Gasteiger partial charge is 0.254 e. The van der Waals surface area contributed by atoms with Crippen molar-refractivity contribution in [1.29, 1.82) is 0 Å². The fraction of sp³-hybridized carbons (Fsp3) is 0.483. The van der Waals surface area contributed by atoms with E-state index in [9.17, 15) is 9.59 Å². The van der Waals surface area contributed by atoms with Crippen LogP contribution >= 0.6 is 0 Å². The standard InChI is InChI=1S/C29H37N3O5/c1-18(2)37-22-10-8-19(3)23(17-22)27(33)31-14-12-21(13-15-31)32-28(34)29(4,5)26(30-32)20-9-11-24(35-6)25(16-20)36-7/h8-11,16-18,21H,12-15H2,1-7H3. The fourth-order valence-corrected chi connectivity index (χ4v) is 4.98. The number of amides is 2. The molecule has 0 aromatic heterocycles. The molecule has 4 rings (SSSR count). The van der Waals surface area contributed by atoms with E-state index >= 15 is 0 Å². The van der Waals surface area contributed by atoms with Crippen LogP contribution < -0.4 is 14.2 Å². The molecule has 0 N–H and O–H groups in total. The molecular formula is C29H37N3O5. The number of piperidine rings is 1. The molecule has 0 saturated carbocycles. The number of benzene rings is 2. The third-order valence-corrected chi connectivity index (χ3v) is 7.11. The lowest BCUT2D eigenvalue weighted by molar-refractivity contribution is -0.137. The molecule has 2 amide bonds. The summed E-state index contributed by atoms with van der Waals surface area (Å²) in [5.74, 6) is 1.87. The van der Waals surface area contributed by atoms with Gasteiger partial charge in [0.05, 0.1) is 37.5 Å². The van der Waals surface area contributed by atoms with Crippen molar-refractivity contribution in [3.8, 4) is 17.2 Å². The van der Waals surface area contributed by atoms with Crippen LogP contribution in [0.4, 0.5) is 0 Å². The Hall–Kier alpha value is -3.55. The van der Waals surface area contributed by atoms with E-state index in [4.69, 9.17) is 19.3 Å². The van der Waals surface area contributed by atoms with Crippen molar-refractivity contribution in [2.24, 2.45) is 10.5 Å². The topological polar surface area (TPSA) is 80.7 Å². The van der Waals surface area contributed by atoms with Crippen LogP contribution in [0.1, 0.15) is 62.0 Å². The van der Waals surface area contributed by atoms with Crippen molar-refractivity contribution in [3.05, 3.63) is 53.1 Å². The van der Waals surface area contributed by atoms with Gasteiger partial charge < -0.3 is 19.1 Å². The van der Waals surface area contributed by atoms with Crippen molar-refractivity contribution in [2.75, 3.05) is 27.3 Å². The molecule has 1 saturated heterocycles. The number of hydrogen-bond acceptors (Lipinski definition) is 6. The minimum atomic E-state index is -0.777. The van der Waals surface area contributed by atoms with E-state index in [-0.39, 0.29) is 24.0 Å². The Balaban J connectivity index is 1.49. The number of hydrogen-bond donors (Lipinski definition) is 0. The molecule has 0 atom stereocenters. The molecular weight excluding hydrogens is 470 g/mol. The lowest BCUT2D eigenvalue weighted by atomic mass is 9.83.